The number of nitrogens with zero attached hydrogens (tertiary/aromatic N) is 2. The fraction of sp³-hybridized carbons (Fsp3) is 0.389. The van der Waals surface area contributed by atoms with Crippen LogP contribution in [-0.4, -0.2) is 50.1 Å². The molecule has 1 aromatic heterocycles. The molecule has 0 aliphatic heterocycles. The smallest absolute Gasteiger partial charge is 0.384 e. The van der Waals surface area contributed by atoms with E-state index in [0.717, 1.165) is 19.1 Å². The summed E-state index contributed by atoms with van der Waals surface area (Å²) < 4.78 is 71.2. The summed E-state index contributed by atoms with van der Waals surface area (Å²) in [6.45, 7) is -0.0106. The number of halogens is 3. The number of hydrogen-bond donors (Lipinski definition) is 4. The number of alkyl halides is 3. The van der Waals surface area contributed by atoms with Crippen LogP contribution in [0.5, 0.6) is 0 Å². The molecule has 9 nitrogen and oxygen atoms in total. The largest absolute Gasteiger partial charge is 0.421 e. The van der Waals surface area contributed by atoms with Crippen molar-refractivity contribution in [3.8, 4) is 0 Å². The summed E-state index contributed by atoms with van der Waals surface area (Å²) >= 11 is 0. The molecule has 1 aliphatic carbocycles. The van der Waals surface area contributed by atoms with Crippen LogP contribution in [0.25, 0.3) is 0 Å². The number of rotatable bonds is 10. The highest BCUT2D eigenvalue weighted by atomic mass is 32.2. The highest BCUT2D eigenvalue weighted by Crippen LogP contribution is 2.36. The van der Waals surface area contributed by atoms with Gasteiger partial charge in [-0.25, -0.2) is 13.4 Å². The lowest BCUT2D eigenvalue weighted by molar-refractivity contribution is -0.137. The normalized spacial score (nSPS) is 14.2. The third-order valence-electron chi connectivity index (χ3n) is 4.33. The number of aromatic nitrogens is 2. The van der Waals surface area contributed by atoms with Gasteiger partial charge < -0.3 is 20.8 Å². The minimum atomic E-state index is -4.61. The molecule has 2 aromatic rings. The van der Waals surface area contributed by atoms with Gasteiger partial charge in [-0.05, 0) is 25.0 Å². The number of nitrogens with one attached hydrogen (secondary N) is 4. The standard InChI is InChI=1S/C18H21F3N6O3S/c1-30-7-8-31(28,29)27-15-4-2-3-14(12(15)9-22)25-17-23-10-13(18(19,20)21)16(26-17)24-11-5-6-11/h2-4,9-11,22,27H,5-8H2,1H3,(H2,23,24,25,26). The van der Waals surface area contributed by atoms with Crippen molar-refractivity contribution in [2.24, 2.45) is 0 Å². The molecule has 0 bridgehead atoms. The highest BCUT2D eigenvalue weighted by Gasteiger charge is 2.37. The van der Waals surface area contributed by atoms with Gasteiger partial charge in [-0.15, -0.1) is 0 Å². The summed E-state index contributed by atoms with van der Waals surface area (Å²) in [5.74, 6) is -0.740. The van der Waals surface area contributed by atoms with Crippen molar-refractivity contribution in [1.29, 1.82) is 5.41 Å². The van der Waals surface area contributed by atoms with E-state index < -0.39 is 21.8 Å². The van der Waals surface area contributed by atoms with Crippen LogP contribution in [0.15, 0.2) is 24.4 Å². The SMILES string of the molecule is COCCS(=O)(=O)Nc1cccc(Nc2ncc(C(F)(F)F)c(NC3CC3)n2)c1C=N. The van der Waals surface area contributed by atoms with Crippen molar-refractivity contribution in [3.63, 3.8) is 0 Å². The van der Waals surface area contributed by atoms with Crippen molar-refractivity contribution in [3.05, 3.63) is 35.5 Å². The maximum Gasteiger partial charge on any atom is 0.421 e. The fourth-order valence-corrected chi connectivity index (χ4v) is 3.63. The van der Waals surface area contributed by atoms with Crippen LogP contribution in [0, 0.1) is 5.41 Å². The molecular weight excluding hydrogens is 437 g/mol. The zero-order chi connectivity index (χ0) is 22.6. The third-order valence-corrected chi connectivity index (χ3v) is 5.57. The van der Waals surface area contributed by atoms with Gasteiger partial charge >= 0.3 is 6.18 Å². The van der Waals surface area contributed by atoms with Crippen molar-refractivity contribution >= 4 is 39.4 Å². The number of benzene rings is 1. The van der Waals surface area contributed by atoms with Crippen LogP contribution in [0.1, 0.15) is 24.0 Å². The average molecular weight is 458 g/mol. The van der Waals surface area contributed by atoms with E-state index in [1.807, 2.05) is 0 Å². The van der Waals surface area contributed by atoms with Crippen LogP contribution >= 0.6 is 0 Å². The number of methoxy groups -OCH3 is 1. The van der Waals surface area contributed by atoms with Crippen molar-refractivity contribution in [2.45, 2.75) is 25.1 Å². The van der Waals surface area contributed by atoms with Gasteiger partial charge in [-0.1, -0.05) is 6.07 Å². The minimum absolute atomic E-state index is 0.0106. The van der Waals surface area contributed by atoms with E-state index in [0.29, 0.717) is 6.20 Å². The summed E-state index contributed by atoms with van der Waals surface area (Å²) in [6.07, 6.45) is -1.50. The molecule has 0 radical (unpaired) electrons. The van der Waals surface area contributed by atoms with Gasteiger partial charge in [0.15, 0.2) is 0 Å². The second kappa shape index (κ2) is 9.06. The molecule has 3 rings (SSSR count). The first kappa shape index (κ1) is 22.7. The molecule has 0 saturated heterocycles. The fourth-order valence-electron chi connectivity index (χ4n) is 2.63. The number of ether oxygens (including phenoxy) is 1. The molecule has 0 spiro atoms. The zero-order valence-electron chi connectivity index (χ0n) is 16.5. The van der Waals surface area contributed by atoms with Gasteiger partial charge in [0.2, 0.25) is 16.0 Å². The Balaban J connectivity index is 1.89. The van der Waals surface area contributed by atoms with E-state index in [4.69, 9.17) is 10.1 Å². The Kier molecular flexibility index (Phi) is 6.65. The summed E-state index contributed by atoms with van der Waals surface area (Å²) in [5.41, 5.74) is -0.431. The van der Waals surface area contributed by atoms with E-state index in [9.17, 15) is 21.6 Å². The van der Waals surface area contributed by atoms with Crippen LogP contribution in [0.4, 0.5) is 36.3 Å². The Hall–Kier alpha value is -2.93. The molecule has 31 heavy (non-hydrogen) atoms. The Labute approximate surface area is 177 Å². The summed E-state index contributed by atoms with van der Waals surface area (Å²) in [7, 11) is -2.35. The molecule has 0 atom stereocenters. The Morgan fingerprint density at radius 2 is 2.00 bits per heavy atom. The van der Waals surface area contributed by atoms with Gasteiger partial charge in [-0.3, -0.25) is 4.72 Å². The van der Waals surface area contributed by atoms with Gasteiger partial charge in [0, 0.05) is 31.1 Å². The average Bonchev–Trinajstić information content (AvgIpc) is 3.50. The first-order valence-electron chi connectivity index (χ1n) is 9.23. The second-order valence-corrected chi connectivity index (χ2v) is 8.66. The van der Waals surface area contributed by atoms with Crippen molar-refractivity contribution in [2.75, 3.05) is 34.8 Å². The van der Waals surface area contributed by atoms with Gasteiger partial charge in [-0.2, -0.15) is 18.2 Å². The quantitative estimate of drug-likeness (QED) is 0.403. The Morgan fingerprint density at radius 1 is 1.29 bits per heavy atom. The first-order valence-corrected chi connectivity index (χ1v) is 10.9. The number of sulfonamides is 1. The Bertz CT molecular complexity index is 1060. The lowest BCUT2D eigenvalue weighted by Gasteiger charge is -2.16. The van der Waals surface area contributed by atoms with Gasteiger partial charge in [0.05, 0.1) is 23.7 Å². The molecule has 1 saturated carbocycles. The molecule has 1 aliphatic rings. The minimum Gasteiger partial charge on any atom is -0.384 e. The molecule has 1 fully saturated rings. The maximum atomic E-state index is 13.3. The van der Waals surface area contributed by atoms with Crippen LogP contribution < -0.4 is 15.4 Å². The summed E-state index contributed by atoms with van der Waals surface area (Å²) in [5, 5.41) is 13.2. The van der Waals surface area contributed by atoms with E-state index in [-0.39, 0.29) is 47.1 Å². The molecule has 0 amide bonds. The topological polar surface area (TPSA) is 129 Å². The predicted molar refractivity (Wildman–Crippen MR) is 111 cm³/mol. The van der Waals surface area contributed by atoms with Gasteiger partial charge in [0.1, 0.15) is 11.4 Å². The van der Waals surface area contributed by atoms with Crippen molar-refractivity contribution < 1.29 is 26.3 Å². The Morgan fingerprint density at radius 3 is 2.61 bits per heavy atom. The second-order valence-electron chi connectivity index (χ2n) is 6.82. The van der Waals surface area contributed by atoms with Gasteiger partial charge in [0.25, 0.3) is 0 Å². The molecular formula is C18H21F3N6O3S. The number of hydrogen-bond acceptors (Lipinski definition) is 8. The van der Waals surface area contributed by atoms with Crippen LogP contribution in [0.2, 0.25) is 0 Å². The predicted octanol–water partition coefficient (Wildman–Crippen LogP) is 3.20. The molecule has 4 N–H and O–H groups in total. The molecule has 0 unspecified atom stereocenters. The van der Waals surface area contributed by atoms with Crippen LogP contribution in [0.3, 0.4) is 0 Å². The van der Waals surface area contributed by atoms with Crippen LogP contribution in [-0.2, 0) is 20.9 Å². The summed E-state index contributed by atoms with van der Waals surface area (Å²) in [6, 6.07) is 4.45. The molecule has 1 aromatic carbocycles. The summed E-state index contributed by atoms with van der Waals surface area (Å²) in [4.78, 5) is 7.69. The number of anilines is 4. The lowest BCUT2D eigenvalue weighted by atomic mass is 10.1. The maximum absolute atomic E-state index is 13.3. The third kappa shape index (κ3) is 6.04. The highest BCUT2D eigenvalue weighted by molar-refractivity contribution is 7.92. The lowest BCUT2D eigenvalue weighted by Crippen LogP contribution is -2.20. The zero-order valence-corrected chi connectivity index (χ0v) is 17.3. The first-order chi connectivity index (χ1) is 14.6. The van der Waals surface area contributed by atoms with E-state index in [2.05, 4.69) is 25.3 Å². The molecule has 168 valence electrons. The van der Waals surface area contributed by atoms with E-state index >= 15 is 0 Å². The van der Waals surface area contributed by atoms with E-state index in [1.54, 1.807) is 0 Å². The van der Waals surface area contributed by atoms with Crippen molar-refractivity contribution in [1.82, 2.24) is 9.97 Å². The monoisotopic (exact) mass is 458 g/mol. The van der Waals surface area contributed by atoms with E-state index in [1.165, 1.54) is 25.3 Å². The molecule has 13 heteroatoms. The molecule has 1 heterocycles.